The molecule has 0 spiro atoms. The van der Waals surface area contributed by atoms with Crippen molar-refractivity contribution in [2.24, 2.45) is 11.8 Å². The Morgan fingerprint density at radius 1 is 0.739 bits per heavy atom. The van der Waals surface area contributed by atoms with E-state index in [4.69, 9.17) is 28.4 Å². The molecule has 0 fully saturated rings. The summed E-state index contributed by atoms with van der Waals surface area (Å²) in [6, 6.07) is 11.2. The Morgan fingerprint density at radius 3 is 1.85 bits per heavy atom. The maximum absolute atomic E-state index is 12.3. The molecule has 0 bridgehead atoms. The number of carbonyl (C=O) groups is 1. The highest BCUT2D eigenvalue weighted by Gasteiger charge is 2.20. The number of carboxylic acids is 1. The van der Waals surface area contributed by atoms with Crippen molar-refractivity contribution in [1.29, 1.82) is 0 Å². The van der Waals surface area contributed by atoms with E-state index in [1.165, 1.54) is 0 Å². The van der Waals surface area contributed by atoms with E-state index < -0.39 is 5.97 Å². The summed E-state index contributed by atoms with van der Waals surface area (Å²) in [4.78, 5) is 12.3. The van der Waals surface area contributed by atoms with Crippen molar-refractivity contribution in [3.05, 3.63) is 47.5 Å². The summed E-state index contributed by atoms with van der Waals surface area (Å²) in [5, 5.41) is 13.5. The molecule has 0 heterocycles. The molecule has 260 valence electrons. The van der Waals surface area contributed by atoms with Crippen LogP contribution in [0.2, 0.25) is 0 Å². The number of anilines is 1. The van der Waals surface area contributed by atoms with Gasteiger partial charge in [-0.15, -0.1) is 0 Å². The van der Waals surface area contributed by atoms with Gasteiger partial charge in [0.1, 0.15) is 29.4 Å². The highest BCUT2D eigenvalue weighted by Crippen LogP contribution is 2.35. The number of nitrogens with one attached hydrogen (secondary N) is 1. The van der Waals surface area contributed by atoms with E-state index in [2.05, 4.69) is 33.0 Å². The lowest BCUT2D eigenvalue weighted by Crippen LogP contribution is -2.15. The molecule has 0 radical (unpaired) electrons. The first-order chi connectivity index (χ1) is 22.4. The van der Waals surface area contributed by atoms with Gasteiger partial charge < -0.3 is 38.8 Å². The molecule has 0 saturated carbocycles. The Kier molecular flexibility index (Phi) is 20.6. The van der Waals surface area contributed by atoms with Gasteiger partial charge in [0.15, 0.2) is 0 Å². The van der Waals surface area contributed by atoms with Gasteiger partial charge in [-0.2, -0.15) is 0 Å². The summed E-state index contributed by atoms with van der Waals surface area (Å²) in [5.74, 6) is 1.51. The van der Waals surface area contributed by atoms with Gasteiger partial charge in [0.25, 0.3) is 0 Å². The van der Waals surface area contributed by atoms with Crippen LogP contribution in [0.15, 0.2) is 36.4 Å². The molecule has 0 aliphatic rings. The standard InChI is InChI=1S/C37H59NO8/c1-6-10-12-29(8-3)27-45-35-25-36(46-28-30(9-4)13-11-7-2)34(24-33(35)37(39)40)38-26-31-14-16-32(17-15-31)44-23-22-43-21-20-42-19-18-41-5/h14-17,24-25,29-30,38H,6-13,18-23,26-28H2,1-5H3,(H,39,40). The molecule has 46 heavy (non-hydrogen) atoms. The summed E-state index contributed by atoms with van der Waals surface area (Å²) < 4.78 is 34.2. The van der Waals surface area contributed by atoms with Gasteiger partial charge in [0, 0.05) is 19.7 Å². The maximum Gasteiger partial charge on any atom is 0.339 e. The van der Waals surface area contributed by atoms with Crippen molar-refractivity contribution in [2.75, 3.05) is 65.3 Å². The first-order valence-electron chi connectivity index (χ1n) is 17.2. The van der Waals surface area contributed by atoms with E-state index in [1.807, 2.05) is 24.3 Å². The SMILES string of the molecule is CCCCC(CC)COc1cc(OCC(CC)CCCC)c(C(=O)O)cc1NCc1ccc(OCCOCCOCCOC)cc1. The fraction of sp³-hybridized carbons (Fsp3) is 0.649. The molecule has 9 nitrogen and oxygen atoms in total. The number of benzene rings is 2. The Morgan fingerprint density at radius 2 is 1.30 bits per heavy atom. The van der Waals surface area contributed by atoms with Crippen LogP contribution in [0.5, 0.6) is 17.2 Å². The van der Waals surface area contributed by atoms with Gasteiger partial charge in [-0.1, -0.05) is 78.4 Å². The van der Waals surface area contributed by atoms with Gasteiger partial charge >= 0.3 is 5.97 Å². The molecule has 0 aromatic heterocycles. The second-order valence-corrected chi connectivity index (χ2v) is 11.7. The summed E-state index contributed by atoms with van der Waals surface area (Å²) in [6.07, 6.45) is 8.75. The van der Waals surface area contributed by atoms with Crippen molar-refractivity contribution < 1.29 is 38.3 Å². The monoisotopic (exact) mass is 645 g/mol. The fourth-order valence-corrected chi connectivity index (χ4v) is 4.90. The Balaban J connectivity index is 2.07. The minimum atomic E-state index is -1.02. The van der Waals surface area contributed by atoms with Crippen molar-refractivity contribution in [2.45, 2.75) is 85.6 Å². The second kappa shape index (κ2) is 24.2. The maximum atomic E-state index is 12.3. The van der Waals surface area contributed by atoms with Crippen LogP contribution in [0, 0.1) is 11.8 Å². The topological polar surface area (TPSA) is 105 Å². The Bertz CT molecular complexity index is 1080. The van der Waals surface area contributed by atoms with Crippen molar-refractivity contribution >= 4 is 11.7 Å². The number of aromatic carboxylic acids is 1. The van der Waals surface area contributed by atoms with Gasteiger partial charge in [-0.3, -0.25) is 0 Å². The van der Waals surface area contributed by atoms with Crippen LogP contribution in [0.3, 0.4) is 0 Å². The quantitative estimate of drug-likeness (QED) is 0.0885. The summed E-state index contributed by atoms with van der Waals surface area (Å²) in [7, 11) is 1.65. The van der Waals surface area contributed by atoms with Gasteiger partial charge in [-0.05, 0) is 48.4 Å². The molecule has 2 atom stereocenters. The molecular formula is C37H59NO8. The van der Waals surface area contributed by atoms with Gasteiger partial charge in [0.05, 0.1) is 51.9 Å². The lowest BCUT2D eigenvalue weighted by molar-refractivity contribution is 0.0180. The molecule has 0 aliphatic heterocycles. The normalized spacial score (nSPS) is 12.5. The highest BCUT2D eigenvalue weighted by atomic mass is 16.6. The molecular weight excluding hydrogens is 586 g/mol. The van der Waals surface area contributed by atoms with E-state index >= 15 is 0 Å². The number of methoxy groups -OCH3 is 1. The number of carboxylic acid groups (broad SMARTS) is 1. The summed E-state index contributed by atoms with van der Waals surface area (Å²) in [6.45, 7) is 13.4. The van der Waals surface area contributed by atoms with E-state index in [0.29, 0.717) is 88.4 Å². The van der Waals surface area contributed by atoms with Crippen molar-refractivity contribution in [3.63, 3.8) is 0 Å². The van der Waals surface area contributed by atoms with Crippen LogP contribution in [0.4, 0.5) is 5.69 Å². The summed E-state index contributed by atoms with van der Waals surface area (Å²) >= 11 is 0. The van der Waals surface area contributed by atoms with Crippen LogP contribution in [-0.4, -0.2) is 71.0 Å². The third-order valence-electron chi connectivity index (χ3n) is 8.05. The zero-order valence-electron chi connectivity index (χ0n) is 28.9. The predicted molar refractivity (Wildman–Crippen MR) is 184 cm³/mol. The predicted octanol–water partition coefficient (Wildman–Crippen LogP) is 8.25. The molecule has 0 aliphatic carbocycles. The molecule has 2 aromatic rings. The van der Waals surface area contributed by atoms with E-state index in [1.54, 1.807) is 19.2 Å². The second-order valence-electron chi connectivity index (χ2n) is 11.7. The largest absolute Gasteiger partial charge is 0.492 e. The Hall–Kier alpha value is -3.01. The average Bonchev–Trinajstić information content (AvgIpc) is 3.07. The molecule has 2 aromatic carbocycles. The molecule has 9 heteroatoms. The van der Waals surface area contributed by atoms with Crippen LogP contribution in [-0.2, 0) is 20.8 Å². The zero-order chi connectivity index (χ0) is 33.4. The average molecular weight is 646 g/mol. The van der Waals surface area contributed by atoms with Crippen LogP contribution in [0.1, 0.15) is 95.0 Å². The number of hydrogen-bond acceptors (Lipinski definition) is 8. The number of rotatable bonds is 28. The smallest absolute Gasteiger partial charge is 0.339 e. The summed E-state index contributed by atoms with van der Waals surface area (Å²) in [5.41, 5.74) is 1.79. The number of ether oxygens (including phenoxy) is 6. The number of hydrogen-bond donors (Lipinski definition) is 2. The third kappa shape index (κ3) is 15.5. The van der Waals surface area contributed by atoms with Crippen LogP contribution in [0.25, 0.3) is 0 Å². The lowest BCUT2D eigenvalue weighted by atomic mass is 10.0. The van der Waals surface area contributed by atoms with Gasteiger partial charge in [-0.25, -0.2) is 4.79 Å². The minimum absolute atomic E-state index is 0.130. The molecule has 0 amide bonds. The van der Waals surface area contributed by atoms with E-state index in [-0.39, 0.29) is 5.56 Å². The zero-order valence-corrected chi connectivity index (χ0v) is 28.9. The Labute approximate surface area is 277 Å². The molecule has 2 rings (SSSR count). The van der Waals surface area contributed by atoms with Gasteiger partial charge in [0.2, 0.25) is 0 Å². The van der Waals surface area contributed by atoms with E-state index in [0.717, 1.165) is 62.7 Å². The first kappa shape index (κ1) is 39.2. The lowest BCUT2D eigenvalue weighted by Gasteiger charge is -2.21. The minimum Gasteiger partial charge on any atom is -0.492 e. The highest BCUT2D eigenvalue weighted by molar-refractivity contribution is 5.93. The molecule has 0 saturated heterocycles. The fourth-order valence-electron chi connectivity index (χ4n) is 4.90. The van der Waals surface area contributed by atoms with Crippen molar-refractivity contribution in [3.8, 4) is 17.2 Å². The third-order valence-corrected chi connectivity index (χ3v) is 8.05. The van der Waals surface area contributed by atoms with Crippen molar-refractivity contribution in [1.82, 2.24) is 0 Å². The molecule has 2 unspecified atom stereocenters. The van der Waals surface area contributed by atoms with Crippen LogP contribution >= 0.6 is 0 Å². The molecule has 2 N–H and O–H groups in total. The van der Waals surface area contributed by atoms with E-state index in [9.17, 15) is 9.90 Å². The number of unbranched alkanes of at least 4 members (excludes halogenated alkanes) is 2. The first-order valence-corrected chi connectivity index (χ1v) is 17.2. The van der Waals surface area contributed by atoms with Crippen LogP contribution < -0.4 is 19.5 Å².